The minimum Gasteiger partial charge on any atom is -0.384 e. The summed E-state index contributed by atoms with van der Waals surface area (Å²) >= 11 is 0. The van der Waals surface area contributed by atoms with E-state index in [0.29, 0.717) is 13.0 Å². The van der Waals surface area contributed by atoms with Crippen molar-refractivity contribution in [3.05, 3.63) is 29.6 Å². The molecule has 0 saturated carbocycles. The molecular weight excluding hydrogens is 207 g/mol. The SMILES string of the molecule is Cc1cc(F)ccc1NCCC(=O)N(C)C. The Kier molecular flexibility index (Phi) is 4.28. The number of aryl methyl sites for hydroxylation is 1. The maximum atomic E-state index is 12.8. The molecule has 0 saturated heterocycles. The molecule has 0 bridgehead atoms. The van der Waals surface area contributed by atoms with E-state index in [4.69, 9.17) is 0 Å². The summed E-state index contributed by atoms with van der Waals surface area (Å²) in [6, 6.07) is 4.56. The van der Waals surface area contributed by atoms with Crippen molar-refractivity contribution in [1.82, 2.24) is 4.90 Å². The van der Waals surface area contributed by atoms with Crippen LogP contribution in [0.2, 0.25) is 0 Å². The molecule has 0 aliphatic heterocycles. The van der Waals surface area contributed by atoms with Crippen LogP contribution in [-0.4, -0.2) is 31.4 Å². The molecule has 1 rings (SSSR count). The van der Waals surface area contributed by atoms with Gasteiger partial charge < -0.3 is 10.2 Å². The zero-order chi connectivity index (χ0) is 12.1. The Bertz CT molecular complexity index is 377. The fraction of sp³-hybridized carbons (Fsp3) is 0.417. The monoisotopic (exact) mass is 224 g/mol. The van der Waals surface area contributed by atoms with Crippen LogP contribution in [0.25, 0.3) is 0 Å². The Hall–Kier alpha value is -1.58. The van der Waals surface area contributed by atoms with Crippen LogP contribution >= 0.6 is 0 Å². The predicted molar refractivity (Wildman–Crippen MR) is 62.9 cm³/mol. The highest BCUT2D eigenvalue weighted by Crippen LogP contribution is 2.15. The summed E-state index contributed by atoms with van der Waals surface area (Å²) in [6.07, 6.45) is 0.434. The number of nitrogens with zero attached hydrogens (tertiary/aromatic N) is 1. The molecule has 3 nitrogen and oxygen atoms in total. The first-order valence-corrected chi connectivity index (χ1v) is 5.21. The lowest BCUT2D eigenvalue weighted by atomic mass is 10.2. The van der Waals surface area contributed by atoms with Gasteiger partial charge in [0.1, 0.15) is 5.82 Å². The lowest BCUT2D eigenvalue weighted by Gasteiger charge is -2.12. The van der Waals surface area contributed by atoms with Crippen LogP contribution in [-0.2, 0) is 4.79 Å². The van der Waals surface area contributed by atoms with Crippen molar-refractivity contribution in [2.24, 2.45) is 0 Å². The number of hydrogen-bond donors (Lipinski definition) is 1. The highest BCUT2D eigenvalue weighted by atomic mass is 19.1. The zero-order valence-corrected chi connectivity index (χ0v) is 9.88. The van der Waals surface area contributed by atoms with Crippen molar-refractivity contribution in [1.29, 1.82) is 0 Å². The van der Waals surface area contributed by atoms with Gasteiger partial charge in [0, 0.05) is 32.7 Å². The number of rotatable bonds is 4. The van der Waals surface area contributed by atoms with Crippen LogP contribution in [0.5, 0.6) is 0 Å². The highest BCUT2D eigenvalue weighted by molar-refractivity contribution is 5.76. The maximum absolute atomic E-state index is 12.8. The van der Waals surface area contributed by atoms with Crippen molar-refractivity contribution in [3.63, 3.8) is 0 Å². The Balaban J connectivity index is 2.46. The van der Waals surface area contributed by atoms with E-state index in [0.717, 1.165) is 11.3 Å². The van der Waals surface area contributed by atoms with E-state index in [9.17, 15) is 9.18 Å². The molecule has 1 aromatic carbocycles. The van der Waals surface area contributed by atoms with Crippen molar-refractivity contribution in [3.8, 4) is 0 Å². The third kappa shape index (κ3) is 3.53. The number of carbonyl (C=O) groups excluding carboxylic acids is 1. The fourth-order valence-corrected chi connectivity index (χ4v) is 1.35. The Morgan fingerprint density at radius 1 is 1.44 bits per heavy atom. The first-order valence-electron chi connectivity index (χ1n) is 5.21. The number of amides is 1. The largest absolute Gasteiger partial charge is 0.384 e. The van der Waals surface area contributed by atoms with Crippen LogP contribution in [0.15, 0.2) is 18.2 Å². The number of nitrogens with one attached hydrogen (secondary N) is 1. The van der Waals surface area contributed by atoms with Crippen LogP contribution in [0.1, 0.15) is 12.0 Å². The van der Waals surface area contributed by atoms with E-state index in [1.54, 1.807) is 25.1 Å². The first kappa shape index (κ1) is 12.5. The second kappa shape index (κ2) is 5.49. The summed E-state index contributed by atoms with van der Waals surface area (Å²) in [5.74, 6) is -0.167. The van der Waals surface area contributed by atoms with Crippen LogP contribution in [0, 0.1) is 12.7 Å². The number of carbonyl (C=O) groups is 1. The minimum atomic E-state index is -0.243. The number of halogens is 1. The van der Waals surface area contributed by atoms with Crippen LogP contribution in [0.4, 0.5) is 10.1 Å². The summed E-state index contributed by atoms with van der Waals surface area (Å²) in [4.78, 5) is 12.9. The predicted octanol–water partition coefficient (Wildman–Crippen LogP) is 2.02. The average Bonchev–Trinajstić information content (AvgIpc) is 2.20. The van der Waals surface area contributed by atoms with Gasteiger partial charge in [0.15, 0.2) is 0 Å². The molecule has 0 radical (unpaired) electrons. The smallest absolute Gasteiger partial charge is 0.223 e. The lowest BCUT2D eigenvalue weighted by Crippen LogP contribution is -2.24. The summed E-state index contributed by atoms with van der Waals surface area (Å²) in [6.45, 7) is 2.39. The topological polar surface area (TPSA) is 32.3 Å². The van der Waals surface area contributed by atoms with Gasteiger partial charge in [-0.15, -0.1) is 0 Å². The molecule has 1 N–H and O–H groups in total. The van der Waals surface area contributed by atoms with Crippen LogP contribution < -0.4 is 5.32 Å². The van der Waals surface area contributed by atoms with E-state index in [1.165, 1.54) is 12.1 Å². The van der Waals surface area contributed by atoms with Gasteiger partial charge in [-0.25, -0.2) is 4.39 Å². The molecule has 0 aromatic heterocycles. The minimum absolute atomic E-state index is 0.0762. The van der Waals surface area contributed by atoms with Gasteiger partial charge in [-0.3, -0.25) is 4.79 Å². The van der Waals surface area contributed by atoms with Gasteiger partial charge in [0.2, 0.25) is 5.91 Å². The summed E-state index contributed by atoms with van der Waals surface area (Å²) in [7, 11) is 3.46. The quantitative estimate of drug-likeness (QED) is 0.848. The molecule has 16 heavy (non-hydrogen) atoms. The lowest BCUT2D eigenvalue weighted by molar-refractivity contribution is -0.128. The summed E-state index contributed by atoms with van der Waals surface area (Å²) in [5.41, 5.74) is 1.71. The standard InChI is InChI=1S/C12H17FN2O/c1-9-8-10(13)4-5-11(9)14-7-6-12(16)15(2)3/h4-5,8,14H,6-7H2,1-3H3. The number of benzene rings is 1. The van der Waals surface area contributed by atoms with Gasteiger partial charge in [-0.2, -0.15) is 0 Å². The molecule has 0 aliphatic carbocycles. The number of anilines is 1. The Morgan fingerprint density at radius 3 is 2.69 bits per heavy atom. The molecule has 0 fully saturated rings. The summed E-state index contributed by atoms with van der Waals surface area (Å²) in [5, 5.41) is 3.11. The second-order valence-corrected chi connectivity index (χ2v) is 3.92. The van der Waals surface area contributed by atoms with E-state index in [2.05, 4.69) is 5.32 Å². The molecular formula is C12H17FN2O. The van der Waals surface area contributed by atoms with E-state index < -0.39 is 0 Å². The Morgan fingerprint density at radius 2 is 2.12 bits per heavy atom. The van der Waals surface area contributed by atoms with E-state index in [1.807, 2.05) is 6.92 Å². The second-order valence-electron chi connectivity index (χ2n) is 3.92. The number of hydrogen-bond acceptors (Lipinski definition) is 2. The molecule has 4 heteroatoms. The van der Waals surface area contributed by atoms with E-state index in [-0.39, 0.29) is 11.7 Å². The zero-order valence-electron chi connectivity index (χ0n) is 9.88. The summed E-state index contributed by atoms with van der Waals surface area (Å²) < 4.78 is 12.8. The third-order valence-corrected chi connectivity index (χ3v) is 2.34. The van der Waals surface area contributed by atoms with Crippen molar-refractivity contribution >= 4 is 11.6 Å². The van der Waals surface area contributed by atoms with Gasteiger partial charge in [0.25, 0.3) is 0 Å². The molecule has 88 valence electrons. The first-order chi connectivity index (χ1) is 7.50. The maximum Gasteiger partial charge on any atom is 0.223 e. The van der Waals surface area contributed by atoms with Crippen molar-refractivity contribution in [2.45, 2.75) is 13.3 Å². The molecule has 1 aromatic rings. The highest BCUT2D eigenvalue weighted by Gasteiger charge is 2.04. The molecule has 0 unspecified atom stereocenters. The molecule has 1 amide bonds. The van der Waals surface area contributed by atoms with Gasteiger partial charge in [0.05, 0.1) is 0 Å². The van der Waals surface area contributed by atoms with Crippen molar-refractivity contribution in [2.75, 3.05) is 26.0 Å². The van der Waals surface area contributed by atoms with Gasteiger partial charge >= 0.3 is 0 Å². The molecule has 0 aliphatic rings. The normalized spacial score (nSPS) is 10.0. The molecule has 0 spiro atoms. The van der Waals surface area contributed by atoms with Crippen molar-refractivity contribution < 1.29 is 9.18 Å². The molecule has 0 heterocycles. The molecule has 0 atom stereocenters. The average molecular weight is 224 g/mol. The van der Waals surface area contributed by atoms with Crippen LogP contribution in [0.3, 0.4) is 0 Å². The van der Waals surface area contributed by atoms with Gasteiger partial charge in [-0.05, 0) is 30.7 Å². The van der Waals surface area contributed by atoms with Gasteiger partial charge in [-0.1, -0.05) is 0 Å². The Labute approximate surface area is 95.3 Å². The third-order valence-electron chi connectivity index (χ3n) is 2.34. The van der Waals surface area contributed by atoms with E-state index >= 15 is 0 Å². The fourth-order valence-electron chi connectivity index (χ4n) is 1.35.